The summed E-state index contributed by atoms with van der Waals surface area (Å²) >= 11 is 3.44. The van der Waals surface area contributed by atoms with Crippen LogP contribution >= 0.6 is 15.9 Å². The fourth-order valence-corrected chi connectivity index (χ4v) is 2.19. The number of aromatic nitrogens is 2. The number of hydrogen-bond donors (Lipinski definition) is 0. The van der Waals surface area contributed by atoms with Crippen LogP contribution in [0.3, 0.4) is 0 Å². The molecule has 15 heavy (non-hydrogen) atoms. The monoisotopic (exact) mass is 270 g/mol. The van der Waals surface area contributed by atoms with Crippen molar-refractivity contribution in [3.05, 3.63) is 22.3 Å². The molecule has 0 N–H and O–H groups in total. The third kappa shape index (κ3) is 1.72. The molecule has 0 bridgehead atoms. The van der Waals surface area contributed by atoms with Gasteiger partial charge < -0.3 is 4.89 Å². The Labute approximate surface area is 95.8 Å². The summed E-state index contributed by atoms with van der Waals surface area (Å²) in [5.41, 5.74) is 1.88. The molecule has 0 atom stereocenters. The summed E-state index contributed by atoms with van der Waals surface area (Å²) in [6.45, 7) is 1.95. The molecule has 0 amide bonds. The van der Waals surface area contributed by atoms with Crippen molar-refractivity contribution in [3.63, 3.8) is 0 Å². The van der Waals surface area contributed by atoms with Crippen molar-refractivity contribution >= 4 is 26.8 Å². The van der Waals surface area contributed by atoms with Crippen LogP contribution in [0.15, 0.2) is 16.7 Å². The molecule has 5 heteroatoms. The van der Waals surface area contributed by atoms with Crippen LogP contribution < -0.4 is 4.89 Å². The fraction of sp³-hybridized carbons (Fsp3) is 0.300. The van der Waals surface area contributed by atoms with Gasteiger partial charge in [-0.05, 0) is 28.9 Å². The molecule has 0 aliphatic rings. The van der Waals surface area contributed by atoms with Crippen molar-refractivity contribution in [2.75, 3.05) is 7.11 Å². The molecule has 0 aliphatic heterocycles. The van der Waals surface area contributed by atoms with E-state index < -0.39 is 0 Å². The Morgan fingerprint density at radius 3 is 2.87 bits per heavy atom. The Bertz CT molecular complexity index is 508. The first-order valence-electron chi connectivity index (χ1n) is 4.46. The third-order valence-electron chi connectivity index (χ3n) is 2.22. The van der Waals surface area contributed by atoms with Gasteiger partial charge in [-0.1, -0.05) is 0 Å². The van der Waals surface area contributed by atoms with Crippen molar-refractivity contribution in [1.29, 1.82) is 0 Å². The molecular formula is C10H11BrN2O2. The molecular weight excluding hydrogens is 260 g/mol. The van der Waals surface area contributed by atoms with Gasteiger partial charge in [-0.2, -0.15) is 9.99 Å². The SMILES string of the molecule is COOc1c(Br)cc2cn(C)nc2c1C. The first-order valence-corrected chi connectivity index (χ1v) is 5.26. The Morgan fingerprint density at radius 2 is 2.20 bits per heavy atom. The van der Waals surface area contributed by atoms with E-state index in [1.165, 1.54) is 7.11 Å². The average Bonchev–Trinajstić information content (AvgIpc) is 2.53. The highest BCUT2D eigenvalue weighted by Gasteiger charge is 2.13. The maximum atomic E-state index is 5.09. The molecule has 0 spiro atoms. The summed E-state index contributed by atoms with van der Waals surface area (Å²) < 4.78 is 2.64. The molecule has 80 valence electrons. The van der Waals surface area contributed by atoms with Crippen LogP contribution in [0.25, 0.3) is 10.9 Å². The molecule has 0 saturated heterocycles. The van der Waals surface area contributed by atoms with Crippen molar-refractivity contribution in [2.45, 2.75) is 6.92 Å². The van der Waals surface area contributed by atoms with E-state index in [2.05, 4.69) is 25.9 Å². The highest BCUT2D eigenvalue weighted by molar-refractivity contribution is 9.10. The van der Waals surface area contributed by atoms with E-state index in [0.29, 0.717) is 5.75 Å². The normalized spacial score (nSPS) is 10.9. The summed E-state index contributed by atoms with van der Waals surface area (Å²) in [6, 6.07) is 1.96. The lowest BCUT2D eigenvalue weighted by molar-refractivity contribution is -0.179. The first kappa shape index (κ1) is 10.4. The second-order valence-corrected chi connectivity index (χ2v) is 4.16. The van der Waals surface area contributed by atoms with Crippen molar-refractivity contribution in [3.8, 4) is 5.75 Å². The van der Waals surface area contributed by atoms with Gasteiger partial charge in [-0.25, -0.2) is 0 Å². The molecule has 2 rings (SSSR count). The lowest BCUT2D eigenvalue weighted by Crippen LogP contribution is -1.95. The number of rotatable bonds is 2. The zero-order valence-corrected chi connectivity index (χ0v) is 10.3. The van der Waals surface area contributed by atoms with E-state index in [-0.39, 0.29) is 0 Å². The Morgan fingerprint density at radius 1 is 1.47 bits per heavy atom. The van der Waals surface area contributed by atoms with E-state index in [1.807, 2.05) is 26.2 Å². The number of hydrogen-bond acceptors (Lipinski definition) is 3. The van der Waals surface area contributed by atoms with Gasteiger partial charge in [0.1, 0.15) is 0 Å². The van der Waals surface area contributed by atoms with Gasteiger partial charge in [0.25, 0.3) is 0 Å². The second kappa shape index (κ2) is 3.83. The van der Waals surface area contributed by atoms with Crippen molar-refractivity contribution in [1.82, 2.24) is 9.78 Å². The van der Waals surface area contributed by atoms with Gasteiger partial charge in [-0.15, -0.1) is 0 Å². The van der Waals surface area contributed by atoms with Crippen LogP contribution in [-0.2, 0) is 11.9 Å². The third-order valence-corrected chi connectivity index (χ3v) is 2.81. The minimum atomic E-state index is 0.670. The maximum absolute atomic E-state index is 5.09. The molecule has 0 unspecified atom stereocenters. The highest BCUT2D eigenvalue weighted by Crippen LogP contribution is 2.34. The molecule has 0 radical (unpaired) electrons. The minimum Gasteiger partial charge on any atom is -0.336 e. The second-order valence-electron chi connectivity index (χ2n) is 3.30. The van der Waals surface area contributed by atoms with Crippen LogP contribution in [0.4, 0.5) is 0 Å². The zero-order chi connectivity index (χ0) is 11.0. The van der Waals surface area contributed by atoms with Gasteiger partial charge in [0.05, 0.1) is 17.1 Å². The van der Waals surface area contributed by atoms with E-state index in [1.54, 1.807) is 4.68 Å². The quantitative estimate of drug-likeness (QED) is 0.622. The number of fused-ring (bicyclic) bond motifs is 1. The summed E-state index contributed by atoms with van der Waals surface area (Å²) in [4.78, 5) is 9.77. The Balaban J connectivity index is 2.71. The molecule has 0 fully saturated rings. The summed E-state index contributed by atoms with van der Waals surface area (Å²) in [5.74, 6) is 0.670. The van der Waals surface area contributed by atoms with Gasteiger partial charge >= 0.3 is 0 Å². The predicted octanol–water partition coefficient (Wildman–Crippen LogP) is 2.58. The van der Waals surface area contributed by atoms with Crippen LogP contribution in [-0.4, -0.2) is 16.9 Å². The van der Waals surface area contributed by atoms with E-state index in [0.717, 1.165) is 20.9 Å². The van der Waals surface area contributed by atoms with Gasteiger partial charge in [0.15, 0.2) is 5.75 Å². The Hall–Kier alpha value is -1.07. The highest BCUT2D eigenvalue weighted by atomic mass is 79.9. The lowest BCUT2D eigenvalue weighted by Gasteiger charge is -2.07. The first-order chi connectivity index (χ1) is 7.13. The molecule has 1 aromatic carbocycles. The molecule has 1 heterocycles. The largest absolute Gasteiger partial charge is 0.336 e. The lowest BCUT2D eigenvalue weighted by atomic mass is 10.1. The fourth-order valence-electron chi connectivity index (χ4n) is 1.58. The van der Waals surface area contributed by atoms with Gasteiger partial charge in [-0.3, -0.25) is 4.68 Å². The summed E-state index contributed by atoms with van der Waals surface area (Å²) in [7, 11) is 3.37. The number of halogens is 1. The number of aryl methyl sites for hydroxylation is 2. The smallest absolute Gasteiger partial charge is 0.184 e. The maximum Gasteiger partial charge on any atom is 0.184 e. The zero-order valence-electron chi connectivity index (χ0n) is 8.74. The summed E-state index contributed by atoms with van der Waals surface area (Å²) in [5, 5.41) is 5.43. The number of nitrogens with zero attached hydrogens (tertiary/aromatic N) is 2. The van der Waals surface area contributed by atoms with Gasteiger partial charge in [0, 0.05) is 24.2 Å². The van der Waals surface area contributed by atoms with Crippen LogP contribution in [0.2, 0.25) is 0 Å². The van der Waals surface area contributed by atoms with E-state index in [9.17, 15) is 0 Å². The van der Waals surface area contributed by atoms with Crippen molar-refractivity contribution < 1.29 is 9.78 Å². The molecule has 0 aliphatic carbocycles. The van der Waals surface area contributed by atoms with Crippen molar-refractivity contribution in [2.24, 2.45) is 7.05 Å². The summed E-state index contributed by atoms with van der Waals surface area (Å²) in [6.07, 6.45) is 1.96. The number of benzene rings is 1. The van der Waals surface area contributed by atoms with E-state index in [4.69, 9.17) is 4.89 Å². The topological polar surface area (TPSA) is 36.3 Å². The standard InChI is InChI=1S/C10H11BrN2O2/c1-6-9-7(5-13(2)12-9)4-8(11)10(6)15-14-3/h4-5H,1-3H3. The minimum absolute atomic E-state index is 0.670. The molecule has 1 aromatic heterocycles. The van der Waals surface area contributed by atoms with Gasteiger partial charge in [0.2, 0.25) is 0 Å². The predicted molar refractivity (Wildman–Crippen MR) is 60.8 cm³/mol. The molecule has 2 aromatic rings. The molecule has 4 nitrogen and oxygen atoms in total. The van der Waals surface area contributed by atoms with Crippen LogP contribution in [0, 0.1) is 6.92 Å². The average molecular weight is 271 g/mol. The Kier molecular flexibility index (Phi) is 2.67. The molecule has 0 saturated carbocycles. The van der Waals surface area contributed by atoms with Crippen LogP contribution in [0.5, 0.6) is 5.75 Å². The van der Waals surface area contributed by atoms with Crippen LogP contribution in [0.1, 0.15) is 5.56 Å². The van der Waals surface area contributed by atoms with E-state index >= 15 is 0 Å².